The van der Waals surface area contributed by atoms with E-state index in [1.54, 1.807) is 35.6 Å². The van der Waals surface area contributed by atoms with Crippen LogP contribution in [0, 0.1) is 0 Å². The lowest BCUT2D eigenvalue weighted by Crippen LogP contribution is -2.37. The quantitative estimate of drug-likeness (QED) is 0.182. The third-order valence-electron chi connectivity index (χ3n) is 5.34. The van der Waals surface area contributed by atoms with E-state index >= 15 is 0 Å². The topological polar surface area (TPSA) is 67.2 Å². The van der Waals surface area contributed by atoms with Crippen molar-refractivity contribution in [2.75, 3.05) is 0 Å². The average molecular weight is 530 g/mol. The summed E-state index contributed by atoms with van der Waals surface area (Å²) in [6.45, 7) is 0.492. The van der Waals surface area contributed by atoms with Crippen molar-refractivity contribution in [3.8, 4) is 21.9 Å². The monoisotopic (exact) mass is 529 g/mol. The molecule has 2 N–H and O–H groups in total. The van der Waals surface area contributed by atoms with Crippen molar-refractivity contribution in [2.45, 2.75) is 6.54 Å². The molecule has 5 rings (SSSR count). The number of hydrogen-bond donors (Lipinski definition) is 2. The number of rotatable bonds is 6. The van der Waals surface area contributed by atoms with Crippen LogP contribution in [0.5, 0.6) is 0 Å². The first kappa shape index (κ1) is 23.9. The number of thiazole rings is 1. The Kier molecular flexibility index (Phi) is 7.23. The molecule has 0 aliphatic carbocycles. The van der Waals surface area contributed by atoms with Gasteiger partial charge in [0.15, 0.2) is 5.11 Å². The molecule has 0 fully saturated rings. The summed E-state index contributed by atoms with van der Waals surface area (Å²) in [5.41, 5.74) is 4.02. The van der Waals surface area contributed by atoms with Crippen LogP contribution in [-0.4, -0.2) is 16.0 Å². The first-order valence-electron chi connectivity index (χ1n) is 11.1. The predicted octanol–water partition coefficient (Wildman–Crippen LogP) is 7.08. The van der Waals surface area contributed by atoms with E-state index in [0.29, 0.717) is 23.1 Å². The van der Waals surface area contributed by atoms with Crippen molar-refractivity contribution in [3.63, 3.8) is 0 Å². The lowest BCUT2D eigenvalue weighted by atomic mass is 10.1. The fraction of sp³-hybridized carbons (Fsp3) is 0.0357. The highest BCUT2D eigenvalue weighted by atomic mass is 35.5. The standard InChI is InChI=1S/C28H20ClN3O2S2/c29-21-11-9-19(10-12-21)24-15-13-22(34-24)14-16-26(33)32-28(35)30-17-18-5-7-20(8-6-18)27-31-23-3-1-2-4-25(23)36-27/h1-16H,17H2,(H2,30,32,33,35). The molecule has 0 bridgehead atoms. The molecule has 178 valence electrons. The van der Waals surface area contributed by atoms with Gasteiger partial charge in [0.25, 0.3) is 0 Å². The molecule has 2 aromatic heterocycles. The normalized spacial score (nSPS) is 11.1. The molecule has 0 aliphatic rings. The van der Waals surface area contributed by atoms with E-state index in [1.807, 2.05) is 60.7 Å². The number of thiocarbonyl (C=S) groups is 1. The van der Waals surface area contributed by atoms with Gasteiger partial charge in [-0.15, -0.1) is 11.3 Å². The maximum absolute atomic E-state index is 12.2. The molecule has 5 nitrogen and oxygen atoms in total. The van der Waals surface area contributed by atoms with Crippen molar-refractivity contribution >= 4 is 62.5 Å². The number of carbonyl (C=O) groups excluding carboxylic acids is 1. The zero-order valence-corrected chi connectivity index (χ0v) is 21.3. The van der Waals surface area contributed by atoms with Gasteiger partial charge in [0.1, 0.15) is 16.5 Å². The van der Waals surface area contributed by atoms with Crippen LogP contribution in [0.4, 0.5) is 0 Å². The summed E-state index contributed by atoms with van der Waals surface area (Å²) in [5, 5.41) is 7.60. The van der Waals surface area contributed by atoms with Crippen molar-refractivity contribution in [3.05, 3.63) is 107 Å². The number of hydrogen-bond acceptors (Lipinski definition) is 5. The number of nitrogens with one attached hydrogen (secondary N) is 2. The van der Waals surface area contributed by atoms with Gasteiger partial charge in [0.2, 0.25) is 5.91 Å². The molecule has 0 atom stereocenters. The van der Waals surface area contributed by atoms with E-state index in [0.717, 1.165) is 27.2 Å². The molecular weight excluding hydrogens is 510 g/mol. The largest absolute Gasteiger partial charge is 0.457 e. The number of furan rings is 1. The molecule has 1 amide bonds. The molecule has 0 saturated carbocycles. The molecule has 3 aromatic carbocycles. The summed E-state index contributed by atoms with van der Waals surface area (Å²) in [6.07, 6.45) is 2.98. The van der Waals surface area contributed by atoms with Gasteiger partial charge in [-0.05, 0) is 72.4 Å². The molecular formula is C28H20ClN3O2S2. The van der Waals surface area contributed by atoms with Gasteiger partial charge < -0.3 is 9.73 Å². The Morgan fingerprint density at radius 2 is 1.72 bits per heavy atom. The number of nitrogens with zero attached hydrogens (tertiary/aromatic N) is 1. The van der Waals surface area contributed by atoms with Crippen LogP contribution in [0.3, 0.4) is 0 Å². The van der Waals surface area contributed by atoms with Crippen molar-refractivity contribution in [1.82, 2.24) is 15.6 Å². The van der Waals surface area contributed by atoms with E-state index in [4.69, 9.17) is 33.2 Å². The van der Waals surface area contributed by atoms with Gasteiger partial charge in [-0.3, -0.25) is 10.1 Å². The highest BCUT2D eigenvalue weighted by molar-refractivity contribution is 7.80. The second-order valence-corrected chi connectivity index (χ2v) is 9.77. The molecule has 0 radical (unpaired) electrons. The number of halogens is 1. The highest BCUT2D eigenvalue weighted by Gasteiger charge is 2.07. The average Bonchev–Trinajstić information content (AvgIpc) is 3.54. The van der Waals surface area contributed by atoms with Crippen LogP contribution in [-0.2, 0) is 11.3 Å². The Bertz CT molecular complexity index is 1520. The summed E-state index contributed by atoms with van der Waals surface area (Å²) < 4.78 is 6.94. The molecule has 0 unspecified atom stereocenters. The number of fused-ring (bicyclic) bond motifs is 1. The van der Waals surface area contributed by atoms with E-state index < -0.39 is 0 Å². The maximum Gasteiger partial charge on any atom is 0.250 e. The summed E-state index contributed by atoms with van der Waals surface area (Å²) in [4.78, 5) is 16.9. The van der Waals surface area contributed by atoms with Gasteiger partial charge in [0.05, 0.1) is 10.2 Å². The molecule has 5 aromatic rings. The Morgan fingerprint density at radius 1 is 0.972 bits per heavy atom. The van der Waals surface area contributed by atoms with Crippen LogP contribution >= 0.6 is 35.2 Å². The minimum atomic E-state index is -0.344. The third kappa shape index (κ3) is 5.88. The predicted molar refractivity (Wildman–Crippen MR) is 151 cm³/mol. The van der Waals surface area contributed by atoms with Gasteiger partial charge in [-0.2, -0.15) is 0 Å². The van der Waals surface area contributed by atoms with E-state index in [9.17, 15) is 4.79 Å². The Labute approximate surface area is 222 Å². The number of para-hydroxylation sites is 1. The van der Waals surface area contributed by atoms with Gasteiger partial charge in [-0.1, -0.05) is 48.0 Å². The molecule has 2 heterocycles. The van der Waals surface area contributed by atoms with Gasteiger partial charge in [0, 0.05) is 28.8 Å². The summed E-state index contributed by atoms with van der Waals surface area (Å²) in [6, 6.07) is 27.2. The van der Waals surface area contributed by atoms with Crippen molar-refractivity contribution < 1.29 is 9.21 Å². The molecule has 36 heavy (non-hydrogen) atoms. The summed E-state index contributed by atoms with van der Waals surface area (Å²) >= 11 is 12.9. The number of amides is 1. The van der Waals surface area contributed by atoms with Crippen molar-refractivity contribution in [1.29, 1.82) is 0 Å². The zero-order valence-electron chi connectivity index (χ0n) is 18.9. The summed E-state index contributed by atoms with van der Waals surface area (Å²) in [5.74, 6) is 0.906. The molecule has 0 aliphatic heterocycles. The van der Waals surface area contributed by atoms with Gasteiger partial charge >= 0.3 is 0 Å². The first-order valence-corrected chi connectivity index (χ1v) is 12.7. The number of aromatic nitrogens is 1. The Morgan fingerprint density at radius 3 is 2.50 bits per heavy atom. The van der Waals surface area contributed by atoms with Crippen LogP contribution < -0.4 is 10.6 Å². The minimum Gasteiger partial charge on any atom is -0.457 e. The van der Waals surface area contributed by atoms with Gasteiger partial charge in [-0.25, -0.2) is 4.98 Å². The molecule has 0 spiro atoms. The van der Waals surface area contributed by atoms with Crippen LogP contribution in [0.25, 0.3) is 38.2 Å². The summed E-state index contributed by atoms with van der Waals surface area (Å²) in [7, 11) is 0. The zero-order chi connectivity index (χ0) is 24.9. The van der Waals surface area contributed by atoms with Crippen molar-refractivity contribution in [2.24, 2.45) is 0 Å². The lowest BCUT2D eigenvalue weighted by molar-refractivity contribution is -0.115. The maximum atomic E-state index is 12.2. The Balaban J connectivity index is 1.11. The van der Waals surface area contributed by atoms with E-state index in [2.05, 4.69) is 16.7 Å². The minimum absolute atomic E-state index is 0.251. The number of benzene rings is 3. The van der Waals surface area contributed by atoms with Crippen LogP contribution in [0.15, 0.2) is 95.4 Å². The third-order valence-corrected chi connectivity index (χ3v) is 6.92. The molecule has 8 heteroatoms. The van der Waals surface area contributed by atoms with Crippen LogP contribution in [0.1, 0.15) is 11.3 Å². The fourth-order valence-electron chi connectivity index (χ4n) is 3.51. The van der Waals surface area contributed by atoms with E-state index in [-0.39, 0.29) is 11.0 Å². The second-order valence-electron chi connectivity index (χ2n) is 7.90. The van der Waals surface area contributed by atoms with E-state index in [1.165, 1.54) is 10.8 Å². The SMILES string of the molecule is O=C(C=Cc1ccc(-c2ccc(Cl)cc2)o1)NC(=S)NCc1ccc(-c2nc3ccccc3s2)cc1. The first-order chi connectivity index (χ1) is 17.5. The van der Waals surface area contributed by atoms with Crippen LogP contribution in [0.2, 0.25) is 5.02 Å². The second kappa shape index (κ2) is 10.9. The Hall–Kier alpha value is -3.78. The molecule has 0 saturated heterocycles. The smallest absolute Gasteiger partial charge is 0.250 e. The number of carbonyl (C=O) groups is 1. The fourth-order valence-corrected chi connectivity index (χ4v) is 4.78. The highest BCUT2D eigenvalue weighted by Crippen LogP contribution is 2.30. The lowest BCUT2D eigenvalue weighted by Gasteiger charge is -2.08.